The molecule has 5 heteroatoms. The second-order valence-corrected chi connectivity index (χ2v) is 8.04. The van der Waals surface area contributed by atoms with Crippen LogP contribution in [0.25, 0.3) is 0 Å². The van der Waals surface area contributed by atoms with Gasteiger partial charge in [0.1, 0.15) is 6.04 Å². The predicted molar refractivity (Wildman–Crippen MR) is 109 cm³/mol. The topological polar surface area (TPSA) is 68.0 Å². The van der Waals surface area contributed by atoms with Gasteiger partial charge in [0.25, 0.3) is 5.91 Å². The maximum atomic E-state index is 12.9. The minimum absolute atomic E-state index is 0.133. The van der Waals surface area contributed by atoms with Crippen molar-refractivity contribution < 1.29 is 9.32 Å². The minimum atomic E-state index is -0.363. The standard InChI is InChI=1S/C23H27N3O2/c1-16(21-25-22(26-28-21)23(2,3)4)24-20(27)19-13-9-8-12-18(19)15-14-17-10-6-5-7-11-17/h5-13,16H,14-15H2,1-4H3,(H,24,27)/t16-/m1/s1. The molecule has 3 aromatic rings. The van der Waals surface area contributed by atoms with Gasteiger partial charge in [-0.25, -0.2) is 0 Å². The number of nitrogens with zero attached hydrogens (tertiary/aromatic N) is 2. The van der Waals surface area contributed by atoms with Crippen LogP contribution in [0.2, 0.25) is 0 Å². The molecule has 1 aromatic heterocycles. The molecule has 0 aliphatic rings. The lowest BCUT2D eigenvalue weighted by molar-refractivity contribution is 0.0931. The molecule has 28 heavy (non-hydrogen) atoms. The number of amides is 1. The Morgan fingerprint density at radius 3 is 2.39 bits per heavy atom. The van der Waals surface area contributed by atoms with Gasteiger partial charge in [-0.15, -0.1) is 0 Å². The van der Waals surface area contributed by atoms with E-state index in [1.54, 1.807) is 0 Å². The van der Waals surface area contributed by atoms with Crippen LogP contribution in [-0.2, 0) is 18.3 Å². The summed E-state index contributed by atoms with van der Waals surface area (Å²) in [5, 5.41) is 7.01. The van der Waals surface area contributed by atoms with Gasteiger partial charge in [0.05, 0.1) is 0 Å². The van der Waals surface area contributed by atoms with Crippen LogP contribution in [-0.4, -0.2) is 16.0 Å². The number of rotatable bonds is 6. The molecule has 0 aliphatic heterocycles. The van der Waals surface area contributed by atoms with Gasteiger partial charge < -0.3 is 9.84 Å². The molecule has 1 atom stereocenters. The van der Waals surface area contributed by atoms with E-state index in [-0.39, 0.29) is 17.4 Å². The van der Waals surface area contributed by atoms with Crippen LogP contribution >= 0.6 is 0 Å². The van der Waals surface area contributed by atoms with Gasteiger partial charge in [0.15, 0.2) is 5.82 Å². The summed E-state index contributed by atoms with van der Waals surface area (Å²) in [5.41, 5.74) is 2.76. The summed E-state index contributed by atoms with van der Waals surface area (Å²) in [4.78, 5) is 17.3. The number of hydrogen-bond donors (Lipinski definition) is 1. The molecule has 146 valence electrons. The van der Waals surface area contributed by atoms with Crippen molar-refractivity contribution >= 4 is 5.91 Å². The quantitative estimate of drug-likeness (QED) is 0.679. The molecular weight excluding hydrogens is 350 g/mol. The summed E-state index contributed by atoms with van der Waals surface area (Å²) in [6.07, 6.45) is 1.69. The third-order valence-electron chi connectivity index (χ3n) is 4.62. The number of aromatic nitrogens is 2. The number of nitrogens with one attached hydrogen (secondary N) is 1. The average molecular weight is 377 g/mol. The van der Waals surface area contributed by atoms with Crippen molar-refractivity contribution in [1.82, 2.24) is 15.5 Å². The lowest BCUT2D eigenvalue weighted by atomic mass is 9.96. The van der Waals surface area contributed by atoms with Gasteiger partial charge in [-0.2, -0.15) is 4.98 Å². The molecule has 1 heterocycles. The Balaban J connectivity index is 1.69. The molecule has 0 saturated carbocycles. The molecule has 1 N–H and O–H groups in total. The maximum Gasteiger partial charge on any atom is 0.252 e. The molecule has 3 rings (SSSR count). The van der Waals surface area contributed by atoms with Gasteiger partial charge in [0.2, 0.25) is 5.89 Å². The van der Waals surface area contributed by atoms with Gasteiger partial charge in [-0.3, -0.25) is 4.79 Å². The van der Waals surface area contributed by atoms with E-state index in [0.29, 0.717) is 17.3 Å². The number of carbonyl (C=O) groups is 1. The van der Waals surface area contributed by atoms with E-state index in [1.165, 1.54) is 5.56 Å². The Labute approximate surface area is 166 Å². The van der Waals surface area contributed by atoms with Crippen LogP contribution in [0, 0.1) is 0 Å². The SMILES string of the molecule is C[C@@H](NC(=O)c1ccccc1CCc1ccccc1)c1nc(C(C)(C)C)no1. The van der Waals surface area contributed by atoms with Crippen LogP contribution in [0.4, 0.5) is 0 Å². The van der Waals surface area contributed by atoms with Crippen molar-refractivity contribution in [1.29, 1.82) is 0 Å². The predicted octanol–water partition coefficient (Wildman–Crippen LogP) is 4.64. The highest BCUT2D eigenvalue weighted by atomic mass is 16.5. The summed E-state index contributed by atoms with van der Waals surface area (Å²) in [6, 6.07) is 17.6. The third kappa shape index (κ3) is 4.85. The first-order valence-corrected chi connectivity index (χ1v) is 9.61. The van der Waals surface area contributed by atoms with Crippen molar-refractivity contribution in [3.8, 4) is 0 Å². The van der Waals surface area contributed by atoms with Crippen LogP contribution in [0.15, 0.2) is 59.1 Å². The second-order valence-electron chi connectivity index (χ2n) is 8.04. The molecule has 0 saturated heterocycles. The fourth-order valence-electron chi connectivity index (χ4n) is 2.94. The summed E-state index contributed by atoms with van der Waals surface area (Å²) in [6.45, 7) is 7.92. The van der Waals surface area contributed by atoms with Crippen LogP contribution < -0.4 is 5.32 Å². The lowest BCUT2D eigenvalue weighted by Crippen LogP contribution is -2.28. The van der Waals surface area contributed by atoms with E-state index in [2.05, 4.69) is 27.6 Å². The molecule has 2 aromatic carbocycles. The first-order valence-electron chi connectivity index (χ1n) is 9.61. The Morgan fingerprint density at radius 1 is 1.04 bits per heavy atom. The van der Waals surface area contributed by atoms with Crippen molar-refractivity contribution in [2.24, 2.45) is 0 Å². The highest BCUT2D eigenvalue weighted by molar-refractivity contribution is 5.95. The van der Waals surface area contributed by atoms with Gasteiger partial charge in [-0.1, -0.05) is 74.5 Å². The van der Waals surface area contributed by atoms with E-state index < -0.39 is 0 Å². The Morgan fingerprint density at radius 2 is 1.71 bits per heavy atom. The normalized spacial score (nSPS) is 12.6. The lowest BCUT2D eigenvalue weighted by Gasteiger charge is -2.13. The van der Waals surface area contributed by atoms with Gasteiger partial charge in [-0.05, 0) is 37.0 Å². The molecule has 0 bridgehead atoms. The fraction of sp³-hybridized carbons (Fsp3) is 0.348. The Bertz CT molecular complexity index is 926. The van der Waals surface area contributed by atoms with Crippen LogP contribution in [0.5, 0.6) is 0 Å². The number of hydrogen-bond acceptors (Lipinski definition) is 4. The van der Waals surface area contributed by atoms with E-state index in [0.717, 1.165) is 18.4 Å². The molecule has 0 unspecified atom stereocenters. The molecule has 0 radical (unpaired) electrons. The average Bonchev–Trinajstić information content (AvgIpc) is 3.18. The van der Waals surface area contributed by atoms with E-state index in [9.17, 15) is 4.79 Å². The molecule has 1 amide bonds. The number of carbonyl (C=O) groups excluding carboxylic acids is 1. The number of benzene rings is 2. The fourth-order valence-corrected chi connectivity index (χ4v) is 2.94. The van der Waals surface area contributed by atoms with Crippen molar-refractivity contribution in [3.63, 3.8) is 0 Å². The highest BCUT2D eigenvalue weighted by Crippen LogP contribution is 2.21. The van der Waals surface area contributed by atoms with E-state index in [1.807, 2.05) is 70.2 Å². The summed E-state index contributed by atoms with van der Waals surface area (Å²) >= 11 is 0. The third-order valence-corrected chi connectivity index (χ3v) is 4.62. The van der Waals surface area contributed by atoms with E-state index in [4.69, 9.17) is 4.52 Å². The molecule has 5 nitrogen and oxygen atoms in total. The van der Waals surface area contributed by atoms with Crippen molar-refractivity contribution in [2.45, 2.75) is 52.0 Å². The summed E-state index contributed by atoms with van der Waals surface area (Å²) in [7, 11) is 0. The first-order chi connectivity index (χ1) is 13.3. The Kier molecular flexibility index (Phi) is 5.93. The van der Waals surface area contributed by atoms with Crippen molar-refractivity contribution in [2.75, 3.05) is 0 Å². The van der Waals surface area contributed by atoms with Crippen molar-refractivity contribution in [3.05, 3.63) is 83.0 Å². The molecule has 0 spiro atoms. The number of aryl methyl sites for hydroxylation is 2. The van der Waals surface area contributed by atoms with Gasteiger partial charge >= 0.3 is 0 Å². The Hall–Kier alpha value is -2.95. The summed E-state index contributed by atoms with van der Waals surface area (Å²) < 4.78 is 5.35. The monoisotopic (exact) mass is 377 g/mol. The molecule has 0 fully saturated rings. The van der Waals surface area contributed by atoms with Crippen LogP contribution in [0.1, 0.15) is 66.9 Å². The van der Waals surface area contributed by atoms with Crippen LogP contribution in [0.3, 0.4) is 0 Å². The smallest absolute Gasteiger partial charge is 0.252 e. The zero-order chi connectivity index (χ0) is 20.1. The van der Waals surface area contributed by atoms with Gasteiger partial charge in [0, 0.05) is 11.0 Å². The molecule has 0 aliphatic carbocycles. The molecular formula is C23H27N3O2. The van der Waals surface area contributed by atoms with E-state index >= 15 is 0 Å². The minimum Gasteiger partial charge on any atom is -0.341 e. The second kappa shape index (κ2) is 8.38. The maximum absolute atomic E-state index is 12.9. The highest BCUT2D eigenvalue weighted by Gasteiger charge is 2.24. The summed E-state index contributed by atoms with van der Waals surface area (Å²) in [5.74, 6) is 0.915. The first kappa shape index (κ1) is 19.8. The zero-order valence-electron chi connectivity index (χ0n) is 16.9. The largest absolute Gasteiger partial charge is 0.341 e. The zero-order valence-corrected chi connectivity index (χ0v) is 16.9.